The fourth-order valence-corrected chi connectivity index (χ4v) is 2.92. The van der Waals surface area contributed by atoms with Crippen molar-refractivity contribution in [1.29, 1.82) is 0 Å². The van der Waals surface area contributed by atoms with Crippen molar-refractivity contribution in [3.63, 3.8) is 0 Å². The Balaban J connectivity index is 1.79. The van der Waals surface area contributed by atoms with Gasteiger partial charge in [-0.3, -0.25) is 4.79 Å². The minimum absolute atomic E-state index is 0.166. The molecule has 120 valence electrons. The fourth-order valence-electron chi connectivity index (χ4n) is 1.81. The standard InChI is InChI=1S/C17H17ClN2O2S/c1-12(13-6-8-15(21)9-7-13)19-20-17(22)11-23-10-14-4-2-3-5-16(14)18/h2-9,21H,10-11H2,1H3,(H,20,22)/b19-12-. The summed E-state index contributed by atoms with van der Waals surface area (Å²) in [4.78, 5) is 11.8. The number of phenols is 1. The lowest BCUT2D eigenvalue weighted by Gasteiger charge is -2.05. The summed E-state index contributed by atoms with van der Waals surface area (Å²) < 4.78 is 0. The van der Waals surface area contributed by atoms with Gasteiger partial charge < -0.3 is 5.11 Å². The van der Waals surface area contributed by atoms with E-state index in [0.29, 0.717) is 22.2 Å². The second kappa shape index (κ2) is 8.60. The van der Waals surface area contributed by atoms with Gasteiger partial charge >= 0.3 is 0 Å². The summed E-state index contributed by atoms with van der Waals surface area (Å²) >= 11 is 7.55. The van der Waals surface area contributed by atoms with Gasteiger partial charge in [0.25, 0.3) is 0 Å². The van der Waals surface area contributed by atoms with E-state index in [1.165, 1.54) is 11.8 Å². The fraction of sp³-hybridized carbons (Fsp3) is 0.176. The molecule has 0 fully saturated rings. The molecule has 0 aliphatic heterocycles. The van der Waals surface area contributed by atoms with Gasteiger partial charge in [-0.15, -0.1) is 11.8 Å². The van der Waals surface area contributed by atoms with Crippen LogP contribution < -0.4 is 5.43 Å². The first-order valence-electron chi connectivity index (χ1n) is 7.00. The average molecular weight is 349 g/mol. The van der Waals surface area contributed by atoms with Crippen LogP contribution in [0.3, 0.4) is 0 Å². The minimum Gasteiger partial charge on any atom is -0.508 e. The molecule has 0 bridgehead atoms. The van der Waals surface area contributed by atoms with E-state index < -0.39 is 0 Å². The maximum Gasteiger partial charge on any atom is 0.250 e. The number of nitrogens with one attached hydrogen (secondary N) is 1. The number of thioether (sulfide) groups is 1. The topological polar surface area (TPSA) is 61.7 Å². The molecule has 2 rings (SSSR count). The van der Waals surface area contributed by atoms with E-state index in [1.54, 1.807) is 31.2 Å². The van der Waals surface area contributed by atoms with Gasteiger partial charge in [-0.1, -0.05) is 29.8 Å². The van der Waals surface area contributed by atoms with Crippen molar-refractivity contribution in [2.24, 2.45) is 5.10 Å². The number of rotatable bonds is 6. The minimum atomic E-state index is -0.166. The van der Waals surface area contributed by atoms with Crippen LogP contribution in [0.1, 0.15) is 18.1 Å². The molecule has 23 heavy (non-hydrogen) atoms. The van der Waals surface area contributed by atoms with Gasteiger partial charge in [0.05, 0.1) is 11.5 Å². The highest BCUT2D eigenvalue weighted by Crippen LogP contribution is 2.20. The van der Waals surface area contributed by atoms with Crippen LogP contribution in [0, 0.1) is 0 Å². The molecule has 0 radical (unpaired) electrons. The van der Waals surface area contributed by atoms with Crippen LogP contribution in [0.4, 0.5) is 0 Å². The quantitative estimate of drug-likeness (QED) is 0.616. The Bertz CT molecular complexity index is 702. The number of hydrogen-bond donors (Lipinski definition) is 2. The average Bonchev–Trinajstić information content (AvgIpc) is 2.55. The monoisotopic (exact) mass is 348 g/mol. The van der Waals surface area contributed by atoms with Crippen molar-refractivity contribution in [3.8, 4) is 5.75 Å². The molecule has 6 heteroatoms. The molecule has 0 saturated heterocycles. The Hall–Kier alpha value is -1.98. The predicted octanol–water partition coefficient (Wildman–Crippen LogP) is 3.82. The van der Waals surface area contributed by atoms with Crippen LogP contribution in [0.15, 0.2) is 53.6 Å². The van der Waals surface area contributed by atoms with Gasteiger partial charge in [0.1, 0.15) is 5.75 Å². The van der Waals surface area contributed by atoms with Gasteiger partial charge in [0.2, 0.25) is 5.91 Å². The lowest BCUT2D eigenvalue weighted by Crippen LogP contribution is -2.21. The molecule has 0 aliphatic carbocycles. The number of halogens is 1. The van der Waals surface area contributed by atoms with Gasteiger partial charge in [-0.05, 0) is 48.4 Å². The van der Waals surface area contributed by atoms with E-state index >= 15 is 0 Å². The van der Waals surface area contributed by atoms with E-state index in [2.05, 4.69) is 10.5 Å². The second-order valence-electron chi connectivity index (χ2n) is 4.86. The number of carbonyl (C=O) groups is 1. The second-order valence-corrected chi connectivity index (χ2v) is 6.26. The van der Waals surface area contributed by atoms with Crippen molar-refractivity contribution >= 4 is 35.0 Å². The Labute approximate surface area is 144 Å². The number of benzene rings is 2. The molecule has 1 amide bonds. The number of hydrazone groups is 1. The van der Waals surface area contributed by atoms with E-state index in [0.717, 1.165) is 11.1 Å². The van der Waals surface area contributed by atoms with Crippen LogP contribution in [-0.4, -0.2) is 22.5 Å². The number of phenolic OH excluding ortho intramolecular Hbond substituents is 1. The van der Waals surface area contributed by atoms with Gasteiger partial charge in [-0.2, -0.15) is 5.10 Å². The normalized spacial score (nSPS) is 11.3. The molecular formula is C17H17ClN2O2S. The highest BCUT2D eigenvalue weighted by atomic mass is 35.5. The van der Waals surface area contributed by atoms with Crippen LogP contribution in [0.25, 0.3) is 0 Å². The number of nitrogens with zero attached hydrogens (tertiary/aromatic N) is 1. The lowest BCUT2D eigenvalue weighted by molar-refractivity contribution is -0.118. The maximum absolute atomic E-state index is 11.8. The van der Waals surface area contributed by atoms with Gasteiger partial charge in [0, 0.05) is 10.8 Å². The Kier molecular flexibility index (Phi) is 6.50. The van der Waals surface area contributed by atoms with E-state index in [1.807, 2.05) is 24.3 Å². The molecule has 4 nitrogen and oxygen atoms in total. The first-order chi connectivity index (χ1) is 11.1. The molecule has 0 heterocycles. The van der Waals surface area contributed by atoms with Gasteiger partial charge in [-0.25, -0.2) is 5.43 Å². The molecule has 0 aliphatic rings. The number of hydrogen-bond acceptors (Lipinski definition) is 4. The largest absolute Gasteiger partial charge is 0.508 e. The molecule has 0 unspecified atom stereocenters. The van der Waals surface area contributed by atoms with Crippen molar-refractivity contribution in [2.45, 2.75) is 12.7 Å². The third-order valence-corrected chi connectivity index (χ3v) is 4.43. The van der Waals surface area contributed by atoms with E-state index in [-0.39, 0.29) is 11.7 Å². The zero-order valence-corrected chi connectivity index (χ0v) is 14.2. The van der Waals surface area contributed by atoms with Crippen LogP contribution >= 0.6 is 23.4 Å². The number of amides is 1. The third-order valence-electron chi connectivity index (χ3n) is 3.08. The summed E-state index contributed by atoms with van der Waals surface area (Å²) in [5.74, 6) is 1.01. The predicted molar refractivity (Wildman–Crippen MR) is 96.1 cm³/mol. The highest BCUT2D eigenvalue weighted by molar-refractivity contribution is 7.99. The summed E-state index contributed by atoms with van der Waals surface area (Å²) in [5.41, 5.74) is 5.05. The maximum atomic E-state index is 11.8. The molecule has 2 aromatic rings. The molecular weight excluding hydrogens is 332 g/mol. The Morgan fingerprint density at radius 3 is 2.61 bits per heavy atom. The smallest absolute Gasteiger partial charge is 0.250 e. The first kappa shape index (κ1) is 17.4. The SMILES string of the molecule is C/C(=N/NC(=O)CSCc1ccccc1Cl)c1ccc(O)cc1. The number of aromatic hydroxyl groups is 1. The van der Waals surface area contributed by atoms with E-state index in [4.69, 9.17) is 11.6 Å². The van der Waals surface area contributed by atoms with Crippen molar-refractivity contribution in [2.75, 3.05) is 5.75 Å². The molecule has 2 aromatic carbocycles. The molecule has 0 aromatic heterocycles. The lowest BCUT2D eigenvalue weighted by atomic mass is 10.1. The summed E-state index contributed by atoms with van der Waals surface area (Å²) in [7, 11) is 0. The zero-order valence-electron chi connectivity index (χ0n) is 12.6. The molecule has 0 saturated carbocycles. The Morgan fingerprint density at radius 1 is 1.22 bits per heavy atom. The molecule has 2 N–H and O–H groups in total. The Morgan fingerprint density at radius 2 is 1.91 bits per heavy atom. The molecule has 0 atom stereocenters. The van der Waals surface area contributed by atoms with Crippen molar-refractivity contribution in [3.05, 3.63) is 64.7 Å². The summed E-state index contributed by atoms with van der Waals surface area (Å²) in [6.07, 6.45) is 0. The third kappa shape index (κ3) is 5.62. The van der Waals surface area contributed by atoms with E-state index in [9.17, 15) is 9.90 Å². The summed E-state index contributed by atoms with van der Waals surface area (Å²) in [6, 6.07) is 14.2. The van der Waals surface area contributed by atoms with Gasteiger partial charge in [0.15, 0.2) is 0 Å². The van der Waals surface area contributed by atoms with Crippen molar-refractivity contribution in [1.82, 2.24) is 5.43 Å². The first-order valence-corrected chi connectivity index (χ1v) is 8.53. The molecule has 0 spiro atoms. The zero-order chi connectivity index (χ0) is 16.7. The van der Waals surface area contributed by atoms with Crippen LogP contribution in [-0.2, 0) is 10.5 Å². The van der Waals surface area contributed by atoms with Crippen LogP contribution in [0.5, 0.6) is 5.75 Å². The van der Waals surface area contributed by atoms with Crippen LogP contribution in [0.2, 0.25) is 5.02 Å². The summed E-state index contributed by atoms with van der Waals surface area (Å²) in [6.45, 7) is 1.80. The van der Waals surface area contributed by atoms with Crippen molar-refractivity contribution < 1.29 is 9.90 Å². The number of carbonyl (C=O) groups excluding carboxylic acids is 1. The highest BCUT2D eigenvalue weighted by Gasteiger charge is 2.04. The summed E-state index contributed by atoms with van der Waals surface area (Å²) in [5, 5.41) is 14.0.